The zero-order valence-electron chi connectivity index (χ0n) is 14.9. The Morgan fingerprint density at radius 3 is 2.85 bits per heavy atom. The quantitative estimate of drug-likeness (QED) is 0.543. The maximum absolute atomic E-state index is 6.19. The summed E-state index contributed by atoms with van der Waals surface area (Å²) in [5, 5.41) is 8.66. The maximum Gasteiger partial charge on any atom is 0.254 e. The van der Waals surface area contributed by atoms with Gasteiger partial charge in [-0.3, -0.25) is 0 Å². The lowest BCUT2D eigenvalue weighted by atomic mass is 10.1. The Kier molecular flexibility index (Phi) is 4.10. The average Bonchev–Trinajstić information content (AvgIpc) is 3.39. The largest absolute Gasteiger partial charge is 0.367 e. The van der Waals surface area contributed by atoms with Crippen LogP contribution in [-0.4, -0.2) is 38.8 Å². The van der Waals surface area contributed by atoms with Crippen molar-refractivity contribution in [3.8, 4) is 11.3 Å². The molecule has 1 aliphatic heterocycles. The van der Waals surface area contributed by atoms with E-state index in [1.165, 1.54) is 5.56 Å². The Bertz CT molecular complexity index is 1050. The minimum absolute atomic E-state index is 0.0481. The van der Waals surface area contributed by atoms with E-state index in [0.29, 0.717) is 5.78 Å². The molecule has 0 spiro atoms. The highest BCUT2D eigenvalue weighted by molar-refractivity contribution is 7.07. The van der Waals surface area contributed by atoms with Gasteiger partial charge in [0.05, 0.1) is 11.8 Å². The van der Waals surface area contributed by atoms with Crippen molar-refractivity contribution in [2.24, 2.45) is 0 Å². The van der Waals surface area contributed by atoms with Crippen LogP contribution in [0.4, 0.5) is 5.82 Å². The van der Waals surface area contributed by atoms with Crippen LogP contribution in [0.25, 0.3) is 17.0 Å². The third kappa shape index (κ3) is 3.09. The summed E-state index contributed by atoms with van der Waals surface area (Å²) < 4.78 is 8.01. The molecule has 1 aromatic carbocycles. The summed E-state index contributed by atoms with van der Waals surface area (Å²) in [5.74, 6) is 1.60. The smallest absolute Gasteiger partial charge is 0.254 e. The maximum atomic E-state index is 6.19. The normalized spacial score (nSPS) is 20.3. The van der Waals surface area contributed by atoms with E-state index >= 15 is 0 Å². The van der Waals surface area contributed by atoms with Crippen molar-refractivity contribution in [2.75, 3.05) is 18.0 Å². The third-order valence-electron chi connectivity index (χ3n) is 4.80. The molecule has 7 heteroatoms. The molecule has 0 bridgehead atoms. The van der Waals surface area contributed by atoms with Crippen molar-refractivity contribution in [1.82, 2.24) is 19.6 Å². The lowest BCUT2D eigenvalue weighted by Crippen LogP contribution is -2.43. The number of hydrogen-bond acceptors (Lipinski definition) is 6. The van der Waals surface area contributed by atoms with E-state index in [1.54, 1.807) is 17.7 Å². The first kappa shape index (κ1) is 16.4. The monoisotopic (exact) mass is 377 g/mol. The van der Waals surface area contributed by atoms with Crippen LogP contribution in [0.15, 0.2) is 59.6 Å². The van der Waals surface area contributed by atoms with Crippen molar-refractivity contribution >= 4 is 22.9 Å². The van der Waals surface area contributed by atoms with Crippen LogP contribution in [0.2, 0.25) is 0 Å². The minimum atomic E-state index is 0.0481. The highest BCUT2D eigenvalue weighted by Gasteiger charge is 2.29. The summed E-state index contributed by atoms with van der Waals surface area (Å²) in [6.45, 7) is 3.69. The Balaban J connectivity index is 1.58. The number of thiophene rings is 1. The van der Waals surface area contributed by atoms with E-state index in [1.807, 2.05) is 22.7 Å². The van der Waals surface area contributed by atoms with Crippen LogP contribution >= 0.6 is 11.3 Å². The van der Waals surface area contributed by atoms with E-state index in [9.17, 15) is 0 Å². The van der Waals surface area contributed by atoms with Gasteiger partial charge in [-0.15, -0.1) is 0 Å². The van der Waals surface area contributed by atoms with Crippen LogP contribution in [0, 0.1) is 0 Å². The van der Waals surface area contributed by atoms with E-state index in [2.05, 4.69) is 61.9 Å². The molecule has 0 radical (unpaired) electrons. The molecule has 1 fully saturated rings. The van der Waals surface area contributed by atoms with Gasteiger partial charge < -0.3 is 9.64 Å². The molecular weight excluding hydrogens is 358 g/mol. The van der Waals surface area contributed by atoms with Gasteiger partial charge in [-0.1, -0.05) is 30.3 Å². The first-order chi connectivity index (χ1) is 13.3. The van der Waals surface area contributed by atoms with Crippen LogP contribution in [0.5, 0.6) is 0 Å². The molecule has 5 rings (SSSR count). The van der Waals surface area contributed by atoms with Gasteiger partial charge in [-0.2, -0.15) is 25.9 Å². The number of rotatable bonds is 3. The molecule has 4 heterocycles. The summed E-state index contributed by atoms with van der Waals surface area (Å²) in [6, 6.07) is 14.4. The molecule has 2 unspecified atom stereocenters. The second-order valence-corrected chi connectivity index (χ2v) is 7.51. The Morgan fingerprint density at radius 1 is 1.15 bits per heavy atom. The standard InChI is InChI=1S/C20H19N5OS/c1-14-10-24(11-18(26-14)16-7-8-27-12-16)19-9-17(15-5-3-2-4-6-15)23-20-21-13-22-25(19)20/h2-9,12-14,18H,10-11H2,1H3. The second-order valence-electron chi connectivity index (χ2n) is 6.73. The molecule has 3 aromatic heterocycles. The van der Waals surface area contributed by atoms with Crippen molar-refractivity contribution < 1.29 is 4.74 Å². The molecule has 1 aliphatic rings. The van der Waals surface area contributed by atoms with E-state index < -0.39 is 0 Å². The number of ether oxygens (including phenoxy) is 1. The number of hydrogen-bond donors (Lipinski definition) is 0. The predicted molar refractivity (Wildman–Crippen MR) is 106 cm³/mol. The zero-order chi connectivity index (χ0) is 18.2. The van der Waals surface area contributed by atoms with Gasteiger partial charge in [0.2, 0.25) is 0 Å². The molecule has 4 aromatic rings. The van der Waals surface area contributed by atoms with Gasteiger partial charge in [0.15, 0.2) is 0 Å². The fraction of sp³-hybridized carbons (Fsp3) is 0.250. The molecule has 0 aliphatic carbocycles. The lowest BCUT2D eigenvalue weighted by Gasteiger charge is -2.38. The van der Waals surface area contributed by atoms with E-state index in [4.69, 9.17) is 4.74 Å². The average molecular weight is 377 g/mol. The predicted octanol–water partition coefficient (Wildman–Crippen LogP) is 3.82. The first-order valence-electron chi connectivity index (χ1n) is 8.96. The molecule has 1 saturated heterocycles. The molecule has 6 nitrogen and oxygen atoms in total. The third-order valence-corrected chi connectivity index (χ3v) is 5.50. The fourth-order valence-electron chi connectivity index (χ4n) is 3.56. The number of nitrogens with zero attached hydrogens (tertiary/aromatic N) is 5. The van der Waals surface area contributed by atoms with Gasteiger partial charge in [0, 0.05) is 24.7 Å². The molecular formula is C20H19N5OS. The minimum Gasteiger partial charge on any atom is -0.367 e. The van der Waals surface area contributed by atoms with Gasteiger partial charge >= 0.3 is 0 Å². The van der Waals surface area contributed by atoms with Crippen LogP contribution in [0.3, 0.4) is 0 Å². The van der Waals surface area contributed by atoms with Crippen molar-refractivity contribution in [3.63, 3.8) is 0 Å². The molecule has 0 amide bonds. The second kappa shape index (κ2) is 6.75. The summed E-state index contributed by atoms with van der Waals surface area (Å²) in [7, 11) is 0. The number of anilines is 1. The summed E-state index contributed by atoms with van der Waals surface area (Å²) in [6.07, 6.45) is 1.73. The van der Waals surface area contributed by atoms with Crippen LogP contribution < -0.4 is 4.90 Å². The Labute approximate surface area is 161 Å². The number of morpholine rings is 1. The highest BCUT2D eigenvalue weighted by atomic mass is 32.1. The SMILES string of the molecule is CC1CN(c2cc(-c3ccccc3)nc3ncnn23)CC(c2ccsc2)O1. The number of fused-ring (bicyclic) bond motifs is 1. The van der Waals surface area contributed by atoms with Gasteiger partial charge in [-0.25, -0.2) is 4.98 Å². The van der Waals surface area contributed by atoms with Crippen LogP contribution in [0.1, 0.15) is 18.6 Å². The number of aromatic nitrogens is 4. The molecule has 0 saturated carbocycles. The zero-order valence-corrected chi connectivity index (χ0v) is 15.7. The summed E-state index contributed by atoms with van der Waals surface area (Å²) >= 11 is 1.70. The van der Waals surface area contributed by atoms with Gasteiger partial charge in [0.1, 0.15) is 18.2 Å². The summed E-state index contributed by atoms with van der Waals surface area (Å²) in [4.78, 5) is 11.3. The Hall–Kier alpha value is -2.77. The first-order valence-corrected chi connectivity index (χ1v) is 9.91. The topological polar surface area (TPSA) is 55.6 Å². The van der Waals surface area contributed by atoms with Crippen molar-refractivity contribution in [3.05, 3.63) is 65.1 Å². The fourth-order valence-corrected chi connectivity index (χ4v) is 4.26. The molecule has 27 heavy (non-hydrogen) atoms. The van der Waals surface area contributed by atoms with E-state index in [0.717, 1.165) is 30.2 Å². The van der Waals surface area contributed by atoms with Crippen molar-refractivity contribution in [1.29, 1.82) is 0 Å². The molecule has 136 valence electrons. The number of benzene rings is 1. The van der Waals surface area contributed by atoms with E-state index in [-0.39, 0.29) is 12.2 Å². The molecule has 2 atom stereocenters. The lowest BCUT2D eigenvalue weighted by molar-refractivity contribution is -0.0175. The highest BCUT2D eigenvalue weighted by Crippen LogP contribution is 2.31. The Morgan fingerprint density at radius 2 is 2.04 bits per heavy atom. The van der Waals surface area contributed by atoms with Crippen LogP contribution in [-0.2, 0) is 4.74 Å². The molecule has 0 N–H and O–H groups in total. The van der Waals surface area contributed by atoms with Gasteiger partial charge in [-0.05, 0) is 29.3 Å². The van der Waals surface area contributed by atoms with Gasteiger partial charge in [0.25, 0.3) is 5.78 Å². The summed E-state index contributed by atoms with van der Waals surface area (Å²) in [5.41, 5.74) is 3.20. The van der Waals surface area contributed by atoms with Crippen molar-refractivity contribution in [2.45, 2.75) is 19.1 Å².